The number of nitrogens with zero attached hydrogens (tertiary/aromatic N) is 5. The summed E-state index contributed by atoms with van der Waals surface area (Å²) >= 11 is 0. The number of likely N-dealkylation sites (N-methyl/N-ethyl adjacent to an activating group) is 2. The van der Waals surface area contributed by atoms with Crippen LogP contribution in [0.1, 0.15) is 18.4 Å². The standard InChI is InChI=1S/C25H28N6O2/c1-17-8-10-19-21(16-17)28-24(20-6-4-5-7-22(20)32)29-25(19)31(3)15-14-30(2)23(33)11-9-18(27)12-13-26/h4-8,10,12,16,32H,9,11,14-15,27H2,1-3H3/b18-12-. The number of aryl methyl sites for hydroxylation is 1. The minimum Gasteiger partial charge on any atom is -0.507 e. The molecule has 8 nitrogen and oxygen atoms in total. The maximum absolute atomic E-state index is 12.4. The Bertz CT molecular complexity index is 1230. The fraction of sp³-hybridized carbons (Fsp3) is 0.280. The molecule has 3 rings (SSSR count). The molecule has 1 amide bonds. The van der Waals surface area contributed by atoms with Crippen LogP contribution >= 0.6 is 0 Å². The van der Waals surface area contributed by atoms with Crippen LogP contribution in [-0.4, -0.2) is 53.1 Å². The number of phenolic OH excluding ortho intramolecular Hbond substituents is 1. The Morgan fingerprint density at radius 1 is 1.15 bits per heavy atom. The molecule has 0 saturated heterocycles. The summed E-state index contributed by atoms with van der Waals surface area (Å²) in [4.78, 5) is 25.5. The summed E-state index contributed by atoms with van der Waals surface area (Å²) in [6, 6.07) is 14.9. The van der Waals surface area contributed by atoms with Gasteiger partial charge in [-0.3, -0.25) is 4.79 Å². The number of nitriles is 1. The van der Waals surface area contributed by atoms with Crippen LogP contribution in [0.4, 0.5) is 5.82 Å². The Labute approximate surface area is 193 Å². The molecule has 0 unspecified atom stereocenters. The molecule has 0 fully saturated rings. The minimum absolute atomic E-state index is 0.0456. The molecule has 0 spiro atoms. The van der Waals surface area contributed by atoms with Gasteiger partial charge < -0.3 is 20.6 Å². The van der Waals surface area contributed by atoms with Gasteiger partial charge in [0, 0.05) is 50.8 Å². The van der Waals surface area contributed by atoms with E-state index in [-0.39, 0.29) is 18.1 Å². The number of carbonyl (C=O) groups excluding carboxylic acids is 1. The molecule has 2 aromatic carbocycles. The highest BCUT2D eigenvalue weighted by Crippen LogP contribution is 2.31. The molecule has 1 aromatic heterocycles. The van der Waals surface area contributed by atoms with Crippen molar-refractivity contribution in [2.24, 2.45) is 5.73 Å². The second kappa shape index (κ2) is 10.5. The van der Waals surface area contributed by atoms with E-state index in [2.05, 4.69) is 4.98 Å². The van der Waals surface area contributed by atoms with E-state index in [1.54, 1.807) is 30.1 Å². The smallest absolute Gasteiger partial charge is 0.222 e. The van der Waals surface area contributed by atoms with E-state index >= 15 is 0 Å². The number of phenols is 1. The Balaban J connectivity index is 1.82. The lowest BCUT2D eigenvalue weighted by Crippen LogP contribution is -2.35. The molecule has 3 N–H and O–H groups in total. The normalized spacial score (nSPS) is 11.3. The van der Waals surface area contributed by atoms with Crippen molar-refractivity contribution in [3.8, 4) is 23.2 Å². The number of hydrogen-bond acceptors (Lipinski definition) is 7. The number of hydrogen-bond donors (Lipinski definition) is 2. The quantitative estimate of drug-likeness (QED) is 0.511. The van der Waals surface area contributed by atoms with Gasteiger partial charge in [-0.15, -0.1) is 0 Å². The lowest BCUT2D eigenvalue weighted by Gasteiger charge is -2.24. The topological polar surface area (TPSA) is 119 Å². The predicted octanol–water partition coefficient (Wildman–Crippen LogP) is 3.35. The van der Waals surface area contributed by atoms with E-state index in [1.807, 2.05) is 49.2 Å². The van der Waals surface area contributed by atoms with E-state index in [1.165, 1.54) is 6.08 Å². The number of fused-ring (bicyclic) bond motifs is 1. The summed E-state index contributed by atoms with van der Waals surface area (Å²) < 4.78 is 0. The number of anilines is 1. The van der Waals surface area contributed by atoms with Crippen LogP contribution < -0.4 is 10.6 Å². The van der Waals surface area contributed by atoms with Gasteiger partial charge >= 0.3 is 0 Å². The van der Waals surface area contributed by atoms with Gasteiger partial charge in [-0.05, 0) is 43.2 Å². The second-order valence-corrected chi connectivity index (χ2v) is 7.99. The van der Waals surface area contributed by atoms with Gasteiger partial charge in [-0.1, -0.05) is 18.2 Å². The third kappa shape index (κ3) is 5.77. The zero-order valence-electron chi connectivity index (χ0n) is 19.1. The van der Waals surface area contributed by atoms with Crippen LogP contribution in [-0.2, 0) is 4.79 Å². The molecule has 170 valence electrons. The summed E-state index contributed by atoms with van der Waals surface area (Å²) in [7, 11) is 3.66. The molecule has 0 aliphatic carbocycles. The first-order valence-electron chi connectivity index (χ1n) is 10.7. The van der Waals surface area contributed by atoms with Crippen LogP contribution in [0.25, 0.3) is 22.3 Å². The van der Waals surface area contributed by atoms with Crippen LogP contribution in [0.3, 0.4) is 0 Å². The van der Waals surface area contributed by atoms with Crippen LogP contribution in [0.2, 0.25) is 0 Å². The Hall–Kier alpha value is -4.12. The van der Waals surface area contributed by atoms with E-state index < -0.39 is 0 Å². The van der Waals surface area contributed by atoms with E-state index in [0.717, 1.165) is 22.3 Å². The first kappa shape index (κ1) is 23.5. The number of amides is 1. The first-order valence-corrected chi connectivity index (χ1v) is 10.7. The van der Waals surface area contributed by atoms with Gasteiger partial charge in [0.1, 0.15) is 11.6 Å². The zero-order chi connectivity index (χ0) is 24.0. The van der Waals surface area contributed by atoms with Gasteiger partial charge in [0.05, 0.1) is 17.1 Å². The van der Waals surface area contributed by atoms with Crippen LogP contribution in [0.5, 0.6) is 5.75 Å². The van der Waals surface area contributed by atoms with Crippen molar-refractivity contribution in [3.05, 3.63) is 59.8 Å². The molecule has 33 heavy (non-hydrogen) atoms. The lowest BCUT2D eigenvalue weighted by atomic mass is 10.1. The van der Waals surface area contributed by atoms with Crippen molar-refractivity contribution < 1.29 is 9.90 Å². The van der Waals surface area contributed by atoms with Crippen LogP contribution in [0, 0.1) is 18.3 Å². The summed E-state index contributed by atoms with van der Waals surface area (Å²) in [5, 5.41) is 19.8. The molecule has 0 radical (unpaired) electrons. The maximum atomic E-state index is 12.4. The predicted molar refractivity (Wildman–Crippen MR) is 129 cm³/mol. The molecule has 8 heteroatoms. The third-order valence-corrected chi connectivity index (χ3v) is 5.41. The van der Waals surface area contributed by atoms with E-state index in [0.29, 0.717) is 36.6 Å². The average molecular weight is 445 g/mol. The Morgan fingerprint density at radius 2 is 1.91 bits per heavy atom. The fourth-order valence-electron chi connectivity index (χ4n) is 3.42. The highest BCUT2D eigenvalue weighted by atomic mass is 16.3. The third-order valence-electron chi connectivity index (χ3n) is 5.41. The van der Waals surface area contributed by atoms with Gasteiger partial charge in [0.2, 0.25) is 5.91 Å². The highest BCUT2D eigenvalue weighted by molar-refractivity contribution is 5.91. The molecule has 0 aliphatic rings. The number of aromatic nitrogens is 2. The van der Waals surface area contributed by atoms with Crippen molar-refractivity contribution >= 4 is 22.6 Å². The molecule has 3 aromatic rings. The van der Waals surface area contributed by atoms with Crippen molar-refractivity contribution in [1.29, 1.82) is 5.26 Å². The highest BCUT2D eigenvalue weighted by Gasteiger charge is 2.16. The van der Waals surface area contributed by atoms with Crippen LogP contribution in [0.15, 0.2) is 54.2 Å². The van der Waals surface area contributed by atoms with Gasteiger partial charge in [0.25, 0.3) is 0 Å². The summed E-state index contributed by atoms with van der Waals surface area (Å²) in [6.45, 7) is 3.04. The monoisotopic (exact) mass is 444 g/mol. The van der Waals surface area contributed by atoms with Gasteiger partial charge in [-0.2, -0.15) is 5.26 Å². The second-order valence-electron chi connectivity index (χ2n) is 7.99. The van der Waals surface area contributed by atoms with Gasteiger partial charge in [-0.25, -0.2) is 9.97 Å². The van der Waals surface area contributed by atoms with E-state index in [9.17, 15) is 9.90 Å². The average Bonchev–Trinajstić information content (AvgIpc) is 2.80. The van der Waals surface area contributed by atoms with Crippen molar-refractivity contribution in [3.63, 3.8) is 0 Å². The number of aromatic hydroxyl groups is 1. The zero-order valence-corrected chi connectivity index (χ0v) is 19.1. The molecular weight excluding hydrogens is 416 g/mol. The summed E-state index contributed by atoms with van der Waals surface area (Å²) in [5.74, 6) is 1.24. The number of benzene rings is 2. The van der Waals surface area contributed by atoms with E-state index in [4.69, 9.17) is 16.0 Å². The molecule has 1 heterocycles. The number of allylic oxidation sites excluding steroid dienone is 2. The minimum atomic E-state index is -0.0456. The summed E-state index contributed by atoms with van der Waals surface area (Å²) in [6.07, 6.45) is 1.86. The number of rotatable bonds is 8. The Morgan fingerprint density at radius 3 is 2.64 bits per heavy atom. The SMILES string of the molecule is Cc1ccc2c(N(C)CCN(C)C(=O)CC/C(N)=C/C#N)nc(-c3ccccc3O)nc2c1. The maximum Gasteiger partial charge on any atom is 0.222 e. The fourth-order valence-corrected chi connectivity index (χ4v) is 3.42. The number of carbonyl (C=O) groups is 1. The lowest BCUT2D eigenvalue weighted by molar-refractivity contribution is -0.129. The molecule has 0 bridgehead atoms. The van der Waals surface area contributed by atoms with Crippen molar-refractivity contribution in [2.45, 2.75) is 19.8 Å². The van der Waals surface area contributed by atoms with Crippen molar-refractivity contribution in [2.75, 3.05) is 32.1 Å². The molecule has 0 saturated carbocycles. The molecular formula is C25H28N6O2. The number of para-hydroxylation sites is 1. The Kier molecular flexibility index (Phi) is 7.46. The van der Waals surface area contributed by atoms with Crippen molar-refractivity contribution in [1.82, 2.24) is 14.9 Å². The first-order chi connectivity index (χ1) is 15.8. The number of nitrogens with two attached hydrogens (primary N) is 1. The van der Waals surface area contributed by atoms with Gasteiger partial charge in [0.15, 0.2) is 5.82 Å². The summed E-state index contributed by atoms with van der Waals surface area (Å²) in [5.41, 5.74) is 8.52. The molecule has 0 atom stereocenters. The molecule has 0 aliphatic heterocycles. The largest absolute Gasteiger partial charge is 0.507 e.